The molecule has 3 nitrogen and oxygen atoms in total. The van der Waals surface area contributed by atoms with Crippen LogP contribution >= 0.6 is 0 Å². The lowest BCUT2D eigenvalue weighted by atomic mass is 9.46. The molecule has 3 fully saturated rings. The predicted octanol–water partition coefficient (Wildman–Crippen LogP) is 4.95. The summed E-state index contributed by atoms with van der Waals surface area (Å²) in [6, 6.07) is 0. The van der Waals surface area contributed by atoms with Gasteiger partial charge in [0.2, 0.25) is 0 Å². The van der Waals surface area contributed by atoms with Crippen molar-refractivity contribution in [2.75, 3.05) is 0 Å². The molecule has 0 radical (unpaired) electrons. The van der Waals surface area contributed by atoms with Gasteiger partial charge in [-0.15, -0.1) is 0 Å². The Balaban J connectivity index is 1.53. The summed E-state index contributed by atoms with van der Waals surface area (Å²) in [6.45, 7) is 8.82. The van der Waals surface area contributed by atoms with Crippen LogP contribution in [0.4, 0.5) is 0 Å². The monoisotopic (exact) mass is 389 g/mol. The van der Waals surface area contributed by atoms with Crippen molar-refractivity contribution in [2.24, 2.45) is 34.3 Å². The first-order valence-corrected chi connectivity index (χ1v) is 11.9. The van der Waals surface area contributed by atoms with Crippen LogP contribution in [-0.4, -0.2) is 27.5 Å². The summed E-state index contributed by atoms with van der Waals surface area (Å²) in [6.07, 6.45) is 14.5. The molecule has 4 aliphatic rings. The Hall–Kier alpha value is -0.380. The van der Waals surface area contributed by atoms with Gasteiger partial charge in [0.25, 0.3) is 0 Å². The highest BCUT2D eigenvalue weighted by molar-refractivity contribution is 5.26. The molecule has 0 saturated heterocycles. The first kappa shape index (κ1) is 20.9. The van der Waals surface area contributed by atoms with Gasteiger partial charge < -0.3 is 15.9 Å². The number of nitrogens with two attached hydrogens (primary N) is 1. The molecule has 0 aromatic heterocycles. The third-order valence-electron chi connectivity index (χ3n) is 9.92. The highest BCUT2D eigenvalue weighted by Gasteiger charge is 2.62. The summed E-state index contributed by atoms with van der Waals surface area (Å²) < 4.78 is 0. The van der Waals surface area contributed by atoms with Crippen molar-refractivity contribution in [3.8, 4) is 0 Å². The molecule has 7 atom stereocenters. The Bertz CT molecular complexity index is 637. The highest BCUT2D eigenvalue weighted by atomic mass is 16.3. The van der Waals surface area contributed by atoms with E-state index in [0.29, 0.717) is 5.41 Å². The van der Waals surface area contributed by atoms with Crippen molar-refractivity contribution in [3.05, 3.63) is 11.6 Å². The smallest absolute Gasteiger partial charge is 0.0591 e. The molecule has 4 rings (SSSR count). The number of rotatable bonds is 4. The lowest BCUT2D eigenvalue weighted by molar-refractivity contribution is -0.0578. The van der Waals surface area contributed by atoms with Crippen LogP contribution in [0.15, 0.2) is 11.6 Å². The van der Waals surface area contributed by atoms with Gasteiger partial charge >= 0.3 is 0 Å². The average Bonchev–Trinajstić information content (AvgIpc) is 2.86. The number of aliphatic hydroxyl groups is 2. The summed E-state index contributed by atoms with van der Waals surface area (Å²) >= 11 is 0. The Morgan fingerprint density at radius 2 is 1.82 bits per heavy atom. The molecule has 0 amide bonds. The minimum atomic E-state index is -0.586. The van der Waals surface area contributed by atoms with E-state index >= 15 is 0 Å². The molecule has 0 spiro atoms. The number of hydrogen-bond acceptors (Lipinski definition) is 3. The van der Waals surface area contributed by atoms with Crippen molar-refractivity contribution >= 4 is 0 Å². The van der Waals surface area contributed by atoms with Gasteiger partial charge in [-0.2, -0.15) is 0 Å². The van der Waals surface area contributed by atoms with Crippen LogP contribution in [0.3, 0.4) is 0 Å². The molecule has 0 heterocycles. The van der Waals surface area contributed by atoms with Crippen LogP contribution in [0.25, 0.3) is 0 Å². The summed E-state index contributed by atoms with van der Waals surface area (Å²) in [5.74, 6) is 2.28. The van der Waals surface area contributed by atoms with E-state index in [2.05, 4.69) is 19.9 Å². The normalized spacial score (nSPS) is 48.5. The molecule has 3 heteroatoms. The molecule has 7 unspecified atom stereocenters. The minimum absolute atomic E-state index is 0.0679. The van der Waals surface area contributed by atoms with E-state index in [1.54, 1.807) is 5.57 Å². The number of aliphatic hydroxyl groups excluding tert-OH is 1. The van der Waals surface area contributed by atoms with Gasteiger partial charge in [-0.05, 0) is 113 Å². The fraction of sp³-hybridized carbons (Fsp3) is 0.920. The zero-order chi connectivity index (χ0) is 20.4. The van der Waals surface area contributed by atoms with Crippen molar-refractivity contribution in [3.63, 3.8) is 0 Å². The van der Waals surface area contributed by atoms with Gasteiger partial charge in [0, 0.05) is 5.54 Å². The first-order valence-electron chi connectivity index (χ1n) is 11.9. The van der Waals surface area contributed by atoms with Crippen molar-refractivity contribution in [1.82, 2.24) is 0 Å². The second-order valence-corrected chi connectivity index (χ2v) is 12.0. The third kappa shape index (κ3) is 3.20. The predicted molar refractivity (Wildman–Crippen MR) is 115 cm³/mol. The van der Waals surface area contributed by atoms with Gasteiger partial charge in [-0.3, -0.25) is 0 Å². The summed E-state index contributed by atoms with van der Waals surface area (Å²) in [5.41, 5.74) is 8.60. The zero-order valence-corrected chi connectivity index (χ0v) is 18.6. The van der Waals surface area contributed by atoms with Crippen LogP contribution in [0.5, 0.6) is 0 Å². The van der Waals surface area contributed by atoms with Crippen molar-refractivity contribution in [1.29, 1.82) is 0 Å². The second-order valence-electron chi connectivity index (χ2n) is 12.0. The van der Waals surface area contributed by atoms with Gasteiger partial charge in [0.15, 0.2) is 0 Å². The second kappa shape index (κ2) is 6.82. The standard InChI is InChI=1S/C25H43NO2/c1-22(2,28)11-5-12-25(26)15-10-21-19-7-6-17-16-18(27)8-13-23(17,3)20(19)9-14-24(21,25)4/h6,18-21,27-28H,5,7-16,26H2,1-4H3. The van der Waals surface area contributed by atoms with Crippen molar-refractivity contribution < 1.29 is 10.2 Å². The molecule has 4 aliphatic carbocycles. The molecule has 0 aliphatic heterocycles. The van der Waals surface area contributed by atoms with E-state index in [1.807, 2.05) is 13.8 Å². The fourth-order valence-electron chi connectivity index (χ4n) is 8.06. The van der Waals surface area contributed by atoms with Crippen LogP contribution in [0.1, 0.15) is 98.3 Å². The molecule has 4 N–H and O–H groups in total. The maximum absolute atomic E-state index is 10.2. The van der Waals surface area contributed by atoms with E-state index in [0.717, 1.165) is 62.7 Å². The lowest BCUT2D eigenvalue weighted by Crippen LogP contribution is -2.58. The summed E-state index contributed by atoms with van der Waals surface area (Å²) in [7, 11) is 0. The van der Waals surface area contributed by atoms with Gasteiger partial charge in [-0.1, -0.05) is 25.5 Å². The lowest BCUT2D eigenvalue weighted by Gasteiger charge is -2.59. The minimum Gasteiger partial charge on any atom is -0.393 e. The fourth-order valence-corrected chi connectivity index (χ4v) is 8.06. The zero-order valence-electron chi connectivity index (χ0n) is 18.6. The molecule has 160 valence electrons. The summed E-state index contributed by atoms with van der Waals surface area (Å²) in [5, 5.41) is 20.3. The molecular formula is C25H43NO2. The summed E-state index contributed by atoms with van der Waals surface area (Å²) in [4.78, 5) is 0. The topological polar surface area (TPSA) is 66.5 Å². The maximum atomic E-state index is 10.2. The largest absolute Gasteiger partial charge is 0.393 e. The Morgan fingerprint density at radius 1 is 1.11 bits per heavy atom. The molecular weight excluding hydrogens is 346 g/mol. The van der Waals surface area contributed by atoms with Crippen molar-refractivity contribution in [2.45, 2.75) is 116 Å². The van der Waals surface area contributed by atoms with E-state index in [1.165, 1.54) is 25.7 Å². The van der Waals surface area contributed by atoms with Crippen LogP contribution in [0, 0.1) is 28.6 Å². The number of hydrogen-bond donors (Lipinski definition) is 3. The molecule has 0 bridgehead atoms. The highest BCUT2D eigenvalue weighted by Crippen LogP contribution is 2.67. The Kier molecular flexibility index (Phi) is 5.08. The van der Waals surface area contributed by atoms with Gasteiger partial charge in [0.05, 0.1) is 11.7 Å². The van der Waals surface area contributed by atoms with E-state index in [9.17, 15) is 10.2 Å². The quantitative estimate of drug-likeness (QED) is 0.596. The van der Waals surface area contributed by atoms with Crippen LogP contribution < -0.4 is 5.73 Å². The van der Waals surface area contributed by atoms with Gasteiger partial charge in [-0.25, -0.2) is 0 Å². The number of allylic oxidation sites excluding steroid dienone is 1. The number of fused-ring (bicyclic) bond motifs is 5. The Labute approximate surface area is 172 Å². The van der Waals surface area contributed by atoms with E-state index < -0.39 is 5.60 Å². The molecule has 28 heavy (non-hydrogen) atoms. The van der Waals surface area contributed by atoms with E-state index in [-0.39, 0.29) is 17.1 Å². The molecule has 3 saturated carbocycles. The average molecular weight is 390 g/mol. The van der Waals surface area contributed by atoms with Gasteiger partial charge in [0.1, 0.15) is 0 Å². The van der Waals surface area contributed by atoms with Crippen LogP contribution in [-0.2, 0) is 0 Å². The molecule has 0 aromatic carbocycles. The third-order valence-corrected chi connectivity index (χ3v) is 9.92. The Morgan fingerprint density at radius 3 is 2.54 bits per heavy atom. The van der Waals surface area contributed by atoms with E-state index in [4.69, 9.17) is 5.73 Å². The van der Waals surface area contributed by atoms with Crippen LogP contribution in [0.2, 0.25) is 0 Å². The molecule has 0 aromatic rings. The first-order chi connectivity index (χ1) is 13.0. The maximum Gasteiger partial charge on any atom is 0.0591 e. The SMILES string of the molecule is CC(C)(O)CCCC1(N)CCC2C3CC=C4CC(O)CCC4(C)C3CCC21C.